The Hall–Kier alpha value is -2.04. The lowest BCUT2D eigenvalue weighted by Gasteiger charge is -2.36. The average molecular weight is 302 g/mol. The third-order valence-corrected chi connectivity index (χ3v) is 4.53. The van der Waals surface area contributed by atoms with Crippen molar-refractivity contribution in [1.29, 1.82) is 0 Å². The van der Waals surface area contributed by atoms with E-state index in [4.69, 9.17) is 4.42 Å². The van der Waals surface area contributed by atoms with Crippen LogP contribution in [0.4, 0.5) is 0 Å². The van der Waals surface area contributed by atoms with E-state index in [0.717, 1.165) is 25.9 Å². The molecule has 0 aromatic carbocycles. The van der Waals surface area contributed by atoms with Crippen LogP contribution in [0.1, 0.15) is 42.7 Å². The van der Waals surface area contributed by atoms with E-state index >= 15 is 0 Å². The number of hydrogen-bond donors (Lipinski definition) is 1. The van der Waals surface area contributed by atoms with E-state index < -0.39 is 0 Å². The lowest BCUT2D eigenvalue weighted by atomic mass is 9.82. The predicted molar refractivity (Wildman–Crippen MR) is 82.3 cm³/mol. The minimum Gasteiger partial charge on any atom is -0.459 e. The summed E-state index contributed by atoms with van der Waals surface area (Å²) in [7, 11) is 0. The van der Waals surface area contributed by atoms with Crippen LogP contribution in [0.25, 0.3) is 0 Å². The largest absolute Gasteiger partial charge is 0.459 e. The Morgan fingerprint density at radius 2 is 2.27 bits per heavy atom. The van der Waals surface area contributed by atoms with Gasteiger partial charge in [0.25, 0.3) is 5.91 Å². The van der Waals surface area contributed by atoms with Gasteiger partial charge in [-0.05, 0) is 43.7 Å². The van der Waals surface area contributed by atoms with Crippen molar-refractivity contribution in [3.63, 3.8) is 0 Å². The number of nitrogens with one attached hydrogen (secondary N) is 1. The first-order valence-electron chi connectivity index (χ1n) is 8.02. The second-order valence-electron chi connectivity index (χ2n) is 5.99. The van der Waals surface area contributed by atoms with Gasteiger partial charge in [-0.3, -0.25) is 9.59 Å². The van der Waals surface area contributed by atoms with Gasteiger partial charge in [0.1, 0.15) is 0 Å². The standard InChI is InChI=1S/C17H22N2O3/c20-16(7-9-18-17(21)15-6-3-11-22-15)19-10-8-13-4-1-2-5-14(13)12-19/h3,5-6,11,13H,1-2,4,7-10,12H2,(H,18,21). The van der Waals surface area contributed by atoms with E-state index in [-0.39, 0.29) is 17.6 Å². The highest BCUT2D eigenvalue weighted by molar-refractivity contribution is 5.91. The summed E-state index contributed by atoms with van der Waals surface area (Å²) in [5.74, 6) is 0.813. The zero-order chi connectivity index (χ0) is 15.4. The van der Waals surface area contributed by atoms with Gasteiger partial charge in [0.05, 0.1) is 6.26 Å². The number of amides is 2. The molecule has 1 aromatic heterocycles. The molecule has 2 heterocycles. The number of carbonyl (C=O) groups excluding carboxylic acids is 2. The fourth-order valence-corrected chi connectivity index (χ4v) is 3.29. The second kappa shape index (κ2) is 6.81. The summed E-state index contributed by atoms with van der Waals surface area (Å²) >= 11 is 0. The van der Waals surface area contributed by atoms with Crippen molar-refractivity contribution in [3.8, 4) is 0 Å². The van der Waals surface area contributed by atoms with Gasteiger partial charge in [-0.15, -0.1) is 0 Å². The molecule has 5 nitrogen and oxygen atoms in total. The van der Waals surface area contributed by atoms with Crippen molar-refractivity contribution in [2.45, 2.75) is 32.1 Å². The van der Waals surface area contributed by atoms with Crippen molar-refractivity contribution >= 4 is 11.8 Å². The van der Waals surface area contributed by atoms with Gasteiger partial charge < -0.3 is 14.6 Å². The van der Waals surface area contributed by atoms with Crippen molar-refractivity contribution in [2.75, 3.05) is 19.6 Å². The molecule has 1 unspecified atom stereocenters. The van der Waals surface area contributed by atoms with Crippen LogP contribution in [0.15, 0.2) is 34.5 Å². The number of likely N-dealkylation sites (tertiary alicyclic amines) is 1. The number of allylic oxidation sites excluding steroid dienone is 1. The van der Waals surface area contributed by atoms with E-state index in [1.807, 2.05) is 4.90 Å². The molecule has 1 N–H and O–H groups in total. The molecule has 2 amide bonds. The van der Waals surface area contributed by atoms with E-state index in [9.17, 15) is 9.59 Å². The fourth-order valence-electron chi connectivity index (χ4n) is 3.29. The third-order valence-electron chi connectivity index (χ3n) is 4.53. The maximum absolute atomic E-state index is 12.3. The Kier molecular flexibility index (Phi) is 4.61. The van der Waals surface area contributed by atoms with E-state index in [1.54, 1.807) is 12.1 Å². The molecule has 0 saturated carbocycles. The monoisotopic (exact) mass is 302 g/mol. The summed E-state index contributed by atoms with van der Waals surface area (Å²) in [6.07, 6.45) is 8.89. The Labute approximate surface area is 130 Å². The molecule has 1 fully saturated rings. The van der Waals surface area contributed by atoms with Crippen molar-refractivity contribution in [1.82, 2.24) is 10.2 Å². The molecule has 5 heteroatoms. The van der Waals surface area contributed by atoms with Gasteiger partial charge >= 0.3 is 0 Å². The molecule has 22 heavy (non-hydrogen) atoms. The van der Waals surface area contributed by atoms with Crippen LogP contribution in [0.3, 0.4) is 0 Å². The van der Waals surface area contributed by atoms with Gasteiger partial charge in [-0.1, -0.05) is 11.6 Å². The molecular weight excluding hydrogens is 280 g/mol. The first-order chi connectivity index (χ1) is 10.7. The van der Waals surface area contributed by atoms with Crippen LogP contribution in [0, 0.1) is 5.92 Å². The van der Waals surface area contributed by atoms with Crippen LogP contribution >= 0.6 is 0 Å². The van der Waals surface area contributed by atoms with Gasteiger partial charge in [-0.25, -0.2) is 0 Å². The zero-order valence-electron chi connectivity index (χ0n) is 12.7. The SMILES string of the molecule is O=C(NCCC(=O)N1CCC2CCCC=C2C1)c1ccco1. The summed E-state index contributed by atoms with van der Waals surface area (Å²) in [4.78, 5) is 25.9. The molecule has 1 aliphatic heterocycles. The molecule has 0 spiro atoms. The smallest absolute Gasteiger partial charge is 0.286 e. The maximum atomic E-state index is 12.3. The van der Waals surface area contributed by atoms with Crippen LogP contribution in [0.2, 0.25) is 0 Å². The van der Waals surface area contributed by atoms with Crippen molar-refractivity contribution in [2.24, 2.45) is 5.92 Å². The predicted octanol–water partition coefficient (Wildman–Crippen LogP) is 2.36. The topological polar surface area (TPSA) is 62.6 Å². The Balaban J connectivity index is 1.44. The zero-order valence-corrected chi connectivity index (χ0v) is 12.7. The maximum Gasteiger partial charge on any atom is 0.286 e. The molecule has 0 bridgehead atoms. The molecule has 1 aromatic rings. The van der Waals surface area contributed by atoms with Crippen LogP contribution < -0.4 is 5.32 Å². The minimum atomic E-state index is -0.272. The summed E-state index contributed by atoms with van der Waals surface area (Å²) in [6.45, 7) is 1.96. The van der Waals surface area contributed by atoms with E-state index in [1.165, 1.54) is 24.7 Å². The molecular formula is C17H22N2O3. The normalized spacial score (nSPS) is 21.0. The molecule has 1 saturated heterocycles. The van der Waals surface area contributed by atoms with Gasteiger partial charge in [0.15, 0.2) is 5.76 Å². The van der Waals surface area contributed by atoms with E-state index in [2.05, 4.69) is 11.4 Å². The number of rotatable bonds is 4. The van der Waals surface area contributed by atoms with Crippen LogP contribution in [-0.2, 0) is 4.79 Å². The van der Waals surface area contributed by atoms with Gasteiger partial charge in [0, 0.05) is 26.1 Å². The molecule has 118 valence electrons. The Morgan fingerprint density at radius 3 is 3.09 bits per heavy atom. The highest BCUT2D eigenvalue weighted by Gasteiger charge is 2.27. The second-order valence-corrected chi connectivity index (χ2v) is 5.99. The molecule has 1 atom stereocenters. The van der Waals surface area contributed by atoms with Crippen molar-refractivity contribution < 1.29 is 14.0 Å². The molecule has 3 rings (SSSR count). The number of nitrogens with zero attached hydrogens (tertiary/aromatic N) is 1. The number of carbonyl (C=O) groups is 2. The number of piperidine rings is 1. The number of fused-ring (bicyclic) bond motifs is 1. The Bertz CT molecular complexity index is 562. The molecule has 2 aliphatic rings. The number of hydrogen-bond acceptors (Lipinski definition) is 3. The number of furan rings is 1. The van der Waals surface area contributed by atoms with Gasteiger partial charge in [0.2, 0.25) is 5.91 Å². The first kappa shape index (κ1) is 14.9. The first-order valence-corrected chi connectivity index (χ1v) is 8.02. The summed E-state index contributed by atoms with van der Waals surface area (Å²) in [5, 5.41) is 2.72. The summed E-state index contributed by atoms with van der Waals surface area (Å²) in [5.41, 5.74) is 1.44. The van der Waals surface area contributed by atoms with Gasteiger partial charge in [-0.2, -0.15) is 0 Å². The quantitative estimate of drug-likeness (QED) is 0.868. The summed E-state index contributed by atoms with van der Waals surface area (Å²) in [6, 6.07) is 3.28. The average Bonchev–Trinajstić information content (AvgIpc) is 3.08. The lowest BCUT2D eigenvalue weighted by Crippen LogP contribution is -2.41. The highest BCUT2D eigenvalue weighted by atomic mass is 16.3. The lowest BCUT2D eigenvalue weighted by molar-refractivity contribution is -0.131. The fraction of sp³-hybridized carbons (Fsp3) is 0.529. The summed E-state index contributed by atoms with van der Waals surface area (Å²) < 4.78 is 5.01. The van der Waals surface area contributed by atoms with E-state index in [0.29, 0.717) is 18.9 Å². The third kappa shape index (κ3) is 3.40. The molecule has 1 aliphatic carbocycles. The Morgan fingerprint density at radius 1 is 1.36 bits per heavy atom. The van der Waals surface area contributed by atoms with Crippen LogP contribution in [0.5, 0.6) is 0 Å². The minimum absolute atomic E-state index is 0.115. The van der Waals surface area contributed by atoms with Crippen LogP contribution in [-0.4, -0.2) is 36.3 Å². The highest BCUT2D eigenvalue weighted by Crippen LogP contribution is 2.31. The van der Waals surface area contributed by atoms with Crippen molar-refractivity contribution in [3.05, 3.63) is 35.8 Å². The molecule has 0 radical (unpaired) electrons.